The molecule has 0 bridgehead atoms. The van der Waals surface area contributed by atoms with Gasteiger partial charge in [-0.25, -0.2) is 0 Å². The maximum absolute atomic E-state index is 12.1. The van der Waals surface area contributed by atoms with Gasteiger partial charge in [0.25, 0.3) is 11.6 Å². The Morgan fingerprint density at radius 3 is 2.85 bits per heavy atom. The lowest BCUT2D eigenvalue weighted by Crippen LogP contribution is -2.37. The van der Waals surface area contributed by atoms with Crippen LogP contribution in [-0.4, -0.2) is 40.9 Å². The van der Waals surface area contributed by atoms with Crippen molar-refractivity contribution >= 4 is 11.6 Å². The number of carbonyl (C=O) groups is 1. The smallest absolute Gasteiger partial charge is 0.270 e. The minimum absolute atomic E-state index is 0.0521. The van der Waals surface area contributed by atoms with Crippen LogP contribution in [0, 0.1) is 10.1 Å². The SMILES string of the molecule is O=C(N[C@H]1CCN(C2CC2)C1)c1cccc([N+](=O)[O-])c1. The molecular formula is C14H17N3O3. The van der Waals surface area contributed by atoms with Crippen LogP contribution in [0.5, 0.6) is 0 Å². The van der Waals surface area contributed by atoms with Crippen LogP contribution in [0.2, 0.25) is 0 Å². The van der Waals surface area contributed by atoms with Crippen molar-refractivity contribution < 1.29 is 9.72 Å². The van der Waals surface area contributed by atoms with Crippen molar-refractivity contribution in [3.63, 3.8) is 0 Å². The fourth-order valence-corrected chi connectivity index (χ4v) is 2.71. The summed E-state index contributed by atoms with van der Waals surface area (Å²) in [6.07, 6.45) is 3.49. The van der Waals surface area contributed by atoms with Crippen molar-refractivity contribution in [1.82, 2.24) is 10.2 Å². The van der Waals surface area contributed by atoms with Gasteiger partial charge in [-0.1, -0.05) is 6.07 Å². The number of hydrogen-bond acceptors (Lipinski definition) is 4. The van der Waals surface area contributed by atoms with E-state index in [0.29, 0.717) is 5.56 Å². The molecule has 106 valence electrons. The summed E-state index contributed by atoms with van der Waals surface area (Å²) in [5.41, 5.74) is 0.299. The molecule has 1 N–H and O–H groups in total. The highest BCUT2D eigenvalue weighted by Crippen LogP contribution is 2.29. The van der Waals surface area contributed by atoms with Gasteiger partial charge in [0, 0.05) is 42.9 Å². The first-order valence-corrected chi connectivity index (χ1v) is 6.93. The molecule has 1 saturated heterocycles. The van der Waals surface area contributed by atoms with Gasteiger partial charge >= 0.3 is 0 Å². The van der Waals surface area contributed by atoms with E-state index in [0.717, 1.165) is 25.6 Å². The molecular weight excluding hydrogens is 258 g/mol. The lowest BCUT2D eigenvalue weighted by Gasteiger charge is -2.15. The molecule has 1 aliphatic carbocycles. The summed E-state index contributed by atoms with van der Waals surface area (Å²) in [5, 5.41) is 13.7. The number of non-ortho nitro benzene ring substituents is 1. The molecule has 6 heteroatoms. The van der Waals surface area contributed by atoms with Gasteiger partial charge in [0.1, 0.15) is 0 Å². The number of hydrogen-bond donors (Lipinski definition) is 1. The number of rotatable bonds is 4. The average molecular weight is 275 g/mol. The lowest BCUT2D eigenvalue weighted by atomic mass is 10.1. The van der Waals surface area contributed by atoms with Crippen molar-refractivity contribution in [2.75, 3.05) is 13.1 Å². The highest BCUT2D eigenvalue weighted by Gasteiger charge is 2.34. The van der Waals surface area contributed by atoms with Crippen molar-refractivity contribution in [2.24, 2.45) is 0 Å². The van der Waals surface area contributed by atoms with Crippen LogP contribution in [0.25, 0.3) is 0 Å². The van der Waals surface area contributed by atoms with Crippen LogP contribution in [0.15, 0.2) is 24.3 Å². The summed E-state index contributed by atoms with van der Waals surface area (Å²) >= 11 is 0. The van der Waals surface area contributed by atoms with E-state index >= 15 is 0 Å². The Bertz CT molecular complexity index is 542. The third-order valence-electron chi connectivity index (χ3n) is 3.94. The van der Waals surface area contributed by atoms with Gasteiger partial charge in [0.2, 0.25) is 0 Å². The predicted molar refractivity (Wildman–Crippen MR) is 73.6 cm³/mol. The minimum Gasteiger partial charge on any atom is -0.348 e. The second kappa shape index (κ2) is 5.20. The molecule has 1 atom stereocenters. The monoisotopic (exact) mass is 275 g/mol. The molecule has 6 nitrogen and oxygen atoms in total. The van der Waals surface area contributed by atoms with Crippen LogP contribution in [-0.2, 0) is 0 Å². The van der Waals surface area contributed by atoms with Crippen LogP contribution in [0.1, 0.15) is 29.6 Å². The second-order valence-corrected chi connectivity index (χ2v) is 5.49. The zero-order valence-electron chi connectivity index (χ0n) is 11.1. The third kappa shape index (κ3) is 2.80. The maximum atomic E-state index is 12.1. The zero-order valence-corrected chi connectivity index (χ0v) is 11.1. The highest BCUT2D eigenvalue weighted by molar-refractivity contribution is 5.95. The Kier molecular flexibility index (Phi) is 3.40. The molecule has 1 saturated carbocycles. The number of carbonyl (C=O) groups excluding carboxylic acids is 1. The molecule has 20 heavy (non-hydrogen) atoms. The van der Waals surface area contributed by atoms with Crippen LogP contribution < -0.4 is 5.32 Å². The summed E-state index contributed by atoms with van der Waals surface area (Å²) in [6.45, 7) is 1.93. The number of nitrogens with one attached hydrogen (secondary N) is 1. The first kappa shape index (κ1) is 13.1. The molecule has 1 heterocycles. The number of nitro groups is 1. The molecule has 0 radical (unpaired) electrons. The minimum atomic E-state index is -0.485. The predicted octanol–water partition coefficient (Wildman–Crippen LogP) is 1.56. The van der Waals surface area contributed by atoms with Gasteiger partial charge in [-0.3, -0.25) is 19.8 Å². The molecule has 1 aromatic rings. The summed E-state index contributed by atoms with van der Waals surface area (Å²) in [6, 6.07) is 6.73. The molecule has 0 aromatic heterocycles. The van der Waals surface area contributed by atoms with Crippen molar-refractivity contribution in [1.29, 1.82) is 0 Å². The second-order valence-electron chi connectivity index (χ2n) is 5.49. The van der Waals surface area contributed by atoms with E-state index in [9.17, 15) is 14.9 Å². The normalized spacial score (nSPS) is 22.7. The van der Waals surface area contributed by atoms with Gasteiger partial charge in [-0.2, -0.15) is 0 Å². The van der Waals surface area contributed by atoms with Gasteiger partial charge in [0.05, 0.1) is 4.92 Å². The Morgan fingerprint density at radius 1 is 1.35 bits per heavy atom. The highest BCUT2D eigenvalue weighted by atomic mass is 16.6. The Hall–Kier alpha value is -1.95. The summed E-state index contributed by atoms with van der Waals surface area (Å²) in [5.74, 6) is -0.226. The Labute approximate surface area is 116 Å². The molecule has 2 aliphatic rings. The first-order chi connectivity index (χ1) is 9.63. The maximum Gasteiger partial charge on any atom is 0.270 e. The van der Waals surface area contributed by atoms with E-state index in [4.69, 9.17) is 0 Å². The summed E-state index contributed by atoms with van der Waals surface area (Å²) < 4.78 is 0. The fraction of sp³-hybridized carbons (Fsp3) is 0.500. The van der Waals surface area contributed by atoms with E-state index in [2.05, 4.69) is 10.2 Å². The Morgan fingerprint density at radius 2 is 2.15 bits per heavy atom. The van der Waals surface area contributed by atoms with E-state index in [1.54, 1.807) is 6.07 Å². The van der Waals surface area contributed by atoms with E-state index in [1.807, 2.05) is 0 Å². The molecule has 0 unspecified atom stereocenters. The van der Waals surface area contributed by atoms with Crippen LogP contribution in [0.4, 0.5) is 5.69 Å². The number of benzene rings is 1. The van der Waals surface area contributed by atoms with Gasteiger partial charge in [0.15, 0.2) is 0 Å². The molecule has 1 amide bonds. The van der Waals surface area contributed by atoms with E-state index < -0.39 is 4.92 Å². The molecule has 0 spiro atoms. The van der Waals surface area contributed by atoms with Gasteiger partial charge < -0.3 is 5.32 Å². The van der Waals surface area contributed by atoms with Crippen molar-refractivity contribution in [3.05, 3.63) is 39.9 Å². The standard InChI is InChI=1S/C14H17N3O3/c18-14(10-2-1-3-13(8-10)17(19)20)15-11-6-7-16(9-11)12-4-5-12/h1-3,8,11-12H,4-7,9H2,(H,15,18)/t11-/m0/s1. The summed E-state index contributed by atoms with van der Waals surface area (Å²) in [4.78, 5) is 24.8. The number of likely N-dealkylation sites (tertiary alicyclic amines) is 1. The molecule has 3 rings (SSSR count). The fourth-order valence-electron chi connectivity index (χ4n) is 2.71. The number of nitro benzene ring substituents is 1. The third-order valence-corrected chi connectivity index (χ3v) is 3.94. The number of nitrogens with zero attached hydrogens (tertiary/aromatic N) is 2. The topological polar surface area (TPSA) is 75.5 Å². The average Bonchev–Trinajstić information content (AvgIpc) is 3.20. The number of amides is 1. The van der Waals surface area contributed by atoms with Crippen LogP contribution in [0.3, 0.4) is 0 Å². The van der Waals surface area contributed by atoms with Crippen molar-refractivity contribution in [3.8, 4) is 0 Å². The van der Waals surface area contributed by atoms with Crippen molar-refractivity contribution in [2.45, 2.75) is 31.3 Å². The van der Waals surface area contributed by atoms with Crippen LogP contribution >= 0.6 is 0 Å². The quantitative estimate of drug-likeness (QED) is 0.668. The largest absolute Gasteiger partial charge is 0.348 e. The Balaban J connectivity index is 1.61. The first-order valence-electron chi connectivity index (χ1n) is 6.93. The van der Waals surface area contributed by atoms with E-state index in [-0.39, 0.29) is 17.6 Å². The van der Waals surface area contributed by atoms with E-state index in [1.165, 1.54) is 31.0 Å². The lowest BCUT2D eigenvalue weighted by molar-refractivity contribution is -0.384. The zero-order chi connectivity index (χ0) is 14.1. The van der Waals surface area contributed by atoms with Gasteiger partial charge in [-0.15, -0.1) is 0 Å². The molecule has 2 fully saturated rings. The summed E-state index contributed by atoms with van der Waals surface area (Å²) in [7, 11) is 0. The van der Waals surface area contributed by atoms with Gasteiger partial charge in [-0.05, 0) is 25.3 Å². The molecule has 1 aromatic carbocycles. The molecule has 1 aliphatic heterocycles.